The SMILES string of the molecule is CO[C@H](C/C=C/C(=O)N(C)OC)CCCO[Si](c1ccccc1)(c1ccccc1)C(C)(C)C. The highest BCUT2D eigenvalue weighted by molar-refractivity contribution is 6.99. The lowest BCUT2D eigenvalue weighted by molar-refractivity contribution is -0.162. The number of rotatable bonds is 12. The summed E-state index contributed by atoms with van der Waals surface area (Å²) in [5.74, 6) is -0.192. The summed E-state index contributed by atoms with van der Waals surface area (Å²) in [6, 6.07) is 21.4. The van der Waals surface area contributed by atoms with Gasteiger partial charge in [0.25, 0.3) is 14.2 Å². The van der Waals surface area contributed by atoms with Crippen LogP contribution < -0.4 is 10.4 Å². The molecule has 0 aliphatic rings. The van der Waals surface area contributed by atoms with Crippen molar-refractivity contribution in [2.24, 2.45) is 0 Å². The molecule has 1 amide bonds. The zero-order valence-electron chi connectivity index (χ0n) is 20.9. The molecule has 180 valence electrons. The van der Waals surface area contributed by atoms with Crippen LogP contribution in [0.3, 0.4) is 0 Å². The van der Waals surface area contributed by atoms with Gasteiger partial charge in [0.2, 0.25) is 0 Å². The number of amides is 1. The smallest absolute Gasteiger partial charge is 0.269 e. The van der Waals surface area contributed by atoms with Crippen molar-refractivity contribution in [3.8, 4) is 0 Å². The summed E-state index contributed by atoms with van der Waals surface area (Å²) in [5.41, 5.74) is 0. The van der Waals surface area contributed by atoms with Crippen LogP contribution in [0, 0.1) is 0 Å². The maximum atomic E-state index is 11.8. The molecule has 2 rings (SSSR count). The quantitative estimate of drug-likeness (QED) is 0.201. The van der Waals surface area contributed by atoms with Crippen molar-refractivity contribution in [3.63, 3.8) is 0 Å². The number of carbonyl (C=O) groups excluding carboxylic acids is 1. The molecule has 2 aromatic rings. The normalized spacial score (nSPS) is 13.3. The summed E-state index contributed by atoms with van der Waals surface area (Å²) in [5, 5.41) is 3.73. The molecule has 33 heavy (non-hydrogen) atoms. The van der Waals surface area contributed by atoms with Crippen LogP contribution in [0.5, 0.6) is 0 Å². The first-order valence-electron chi connectivity index (χ1n) is 11.5. The Kier molecular flexibility index (Phi) is 10.5. The van der Waals surface area contributed by atoms with Gasteiger partial charge in [0.1, 0.15) is 0 Å². The molecule has 0 fully saturated rings. The van der Waals surface area contributed by atoms with Crippen molar-refractivity contribution >= 4 is 24.6 Å². The molecular formula is C27H39NO4Si. The van der Waals surface area contributed by atoms with Gasteiger partial charge in [0.05, 0.1) is 13.2 Å². The lowest BCUT2D eigenvalue weighted by Gasteiger charge is -2.43. The molecule has 0 aliphatic carbocycles. The Hall–Kier alpha value is -2.25. The van der Waals surface area contributed by atoms with E-state index in [1.54, 1.807) is 14.2 Å². The van der Waals surface area contributed by atoms with Gasteiger partial charge in [-0.3, -0.25) is 9.63 Å². The van der Waals surface area contributed by atoms with Crippen molar-refractivity contribution in [2.45, 2.75) is 51.2 Å². The van der Waals surface area contributed by atoms with Gasteiger partial charge in [-0.2, -0.15) is 0 Å². The molecular weight excluding hydrogens is 430 g/mol. The molecule has 0 unspecified atom stereocenters. The van der Waals surface area contributed by atoms with E-state index in [9.17, 15) is 4.79 Å². The van der Waals surface area contributed by atoms with E-state index in [-0.39, 0.29) is 17.0 Å². The first kappa shape index (κ1) is 27.0. The molecule has 0 aromatic heterocycles. The average Bonchev–Trinajstić information content (AvgIpc) is 2.82. The Morgan fingerprint density at radius 1 is 1.00 bits per heavy atom. The Bertz CT molecular complexity index is 825. The van der Waals surface area contributed by atoms with Crippen LogP contribution in [-0.4, -0.2) is 53.3 Å². The zero-order valence-corrected chi connectivity index (χ0v) is 21.9. The van der Waals surface area contributed by atoms with Crippen LogP contribution in [0.15, 0.2) is 72.8 Å². The van der Waals surface area contributed by atoms with E-state index in [1.807, 2.05) is 6.08 Å². The summed E-state index contributed by atoms with van der Waals surface area (Å²) in [7, 11) is 2.26. The van der Waals surface area contributed by atoms with E-state index in [2.05, 4.69) is 81.4 Å². The molecule has 0 heterocycles. The Morgan fingerprint density at radius 2 is 1.55 bits per heavy atom. The number of hydrogen-bond donors (Lipinski definition) is 0. The predicted molar refractivity (Wildman–Crippen MR) is 137 cm³/mol. The highest BCUT2D eigenvalue weighted by atomic mass is 28.4. The number of carbonyl (C=O) groups is 1. The molecule has 0 radical (unpaired) electrons. The second-order valence-corrected chi connectivity index (χ2v) is 13.5. The van der Waals surface area contributed by atoms with Crippen molar-refractivity contribution < 1.29 is 18.8 Å². The second kappa shape index (κ2) is 12.8. The topological polar surface area (TPSA) is 48.0 Å². The fraction of sp³-hybridized carbons (Fsp3) is 0.444. The van der Waals surface area contributed by atoms with Crippen molar-refractivity contribution in [1.29, 1.82) is 0 Å². The average molecular weight is 470 g/mol. The third-order valence-electron chi connectivity index (χ3n) is 5.98. The molecule has 0 spiro atoms. The van der Waals surface area contributed by atoms with E-state index in [0.29, 0.717) is 13.0 Å². The maximum Gasteiger partial charge on any atom is 0.269 e. The number of methoxy groups -OCH3 is 1. The number of nitrogens with zero attached hydrogens (tertiary/aromatic N) is 1. The van der Waals surface area contributed by atoms with Crippen LogP contribution in [-0.2, 0) is 18.8 Å². The second-order valence-electron chi connectivity index (χ2n) is 9.17. The monoisotopic (exact) mass is 469 g/mol. The third kappa shape index (κ3) is 7.11. The summed E-state index contributed by atoms with van der Waals surface area (Å²) in [6.45, 7) is 7.52. The molecule has 2 aromatic carbocycles. The predicted octanol–water partition coefficient (Wildman–Crippen LogP) is 4.32. The van der Waals surface area contributed by atoms with Crippen molar-refractivity contribution in [1.82, 2.24) is 5.06 Å². The van der Waals surface area contributed by atoms with E-state index in [4.69, 9.17) is 14.0 Å². The minimum absolute atomic E-state index is 0.0321. The van der Waals surface area contributed by atoms with Gasteiger partial charge in [-0.05, 0) is 34.7 Å². The largest absolute Gasteiger partial charge is 0.407 e. The summed E-state index contributed by atoms with van der Waals surface area (Å²) >= 11 is 0. The minimum Gasteiger partial charge on any atom is -0.407 e. The zero-order chi connectivity index (χ0) is 24.3. The van der Waals surface area contributed by atoms with Crippen LogP contribution in [0.1, 0.15) is 40.0 Å². The molecule has 0 bridgehead atoms. The lowest BCUT2D eigenvalue weighted by atomic mass is 10.1. The van der Waals surface area contributed by atoms with Gasteiger partial charge in [-0.25, -0.2) is 5.06 Å². The van der Waals surface area contributed by atoms with Crippen LogP contribution in [0.4, 0.5) is 0 Å². The van der Waals surface area contributed by atoms with E-state index in [0.717, 1.165) is 12.8 Å². The molecule has 0 N–H and O–H groups in total. The number of ether oxygens (including phenoxy) is 1. The van der Waals surface area contributed by atoms with E-state index >= 15 is 0 Å². The Morgan fingerprint density at radius 3 is 2.00 bits per heavy atom. The number of hydrogen-bond acceptors (Lipinski definition) is 4. The number of hydroxylamine groups is 2. The van der Waals surface area contributed by atoms with Gasteiger partial charge in [0.15, 0.2) is 0 Å². The fourth-order valence-corrected chi connectivity index (χ4v) is 8.75. The molecule has 5 nitrogen and oxygen atoms in total. The molecule has 1 atom stereocenters. The minimum atomic E-state index is -2.51. The summed E-state index contributed by atoms with van der Waals surface area (Å²) < 4.78 is 12.6. The highest BCUT2D eigenvalue weighted by Crippen LogP contribution is 2.36. The molecule has 6 heteroatoms. The Labute approximate surface area is 200 Å². The number of likely N-dealkylation sites (N-methyl/N-ethyl adjacent to an activating group) is 1. The van der Waals surface area contributed by atoms with E-state index < -0.39 is 8.32 Å². The summed E-state index contributed by atoms with van der Waals surface area (Å²) in [4.78, 5) is 16.7. The first-order chi connectivity index (χ1) is 15.8. The van der Waals surface area contributed by atoms with Gasteiger partial charge >= 0.3 is 0 Å². The van der Waals surface area contributed by atoms with Crippen LogP contribution in [0.25, 0.3) is 0 Å². The molecule has 0 saturated carbocycles. The van der Waals surface area contributed by atoms with Crippen LogP contribution in [0.2, 0.25) is 5.04 Å². The van der Waals surface area contributed by atoms with Crippen LogP contribution >= 0.6 is 0 Å². The van der Waals surface area contributed by atoms with Gasteiger partial charge < -0.3 is 9.16 Å². The maximum absolute atomic E-state index is 11.8. The number of benzene rings is 2. The summed E-state index contributed by atoms with van der Waals surface area (Å²) in [6.07, 6.45) is 5.79. The fourth-order valence-electron chi connectivity index (χ4n) is 4.15. The third-order valence-corrected chi connectivity index (χ3v) is 11.0. The Balaban J connectivity index is 2.11. The lowest BCUT2D eigenvalue weighted by Crippen LogP contribution is -2.66. The van der Waals surface area contributed by atoms with Crippen molar-refractivity contribution in [3.05, 3.63) is 72.8 Å². The molecule has 0 aliphatic heterocycles. The van der Waals surface area contributed by atoms with Gasteiger partial charge in [-0.15, -0.1) is 0 Å². The standard InChI is InChI=1S/C27H39NO4Si/c1-27(2,3)33(24-17-9-7-10-18-24,25-19-11-8-12-20-25)32-22-14-16-23(30-5)15-13-21-26(29)28(4)31-6/h7-13,17-21,23H,14-16,22H2,1-6H3/b21-13+/t23-/m1/s1. The molecule has 0 saturated heterocycles. The first-order valence-corrected chi connectivity index (χ1v) is 13.4. The highest BCUT2D eigenvalue weighted by Gasteiger charge is 2.49. The van der Waals surface area contributed by atoms with Crippen molar-refractivity contribution in [2.75, 3.05) is 27.9 Å². The van der Waals surface area contributed by atoms with Gasteiger partial charge in [0, 0.05) is 26.8 Å². The van der Waals surface area contributed by atoms with E-state index in [1.165, 1.54) is 28.6 Å². The van der Waals surface area contributed by atoms with Gasteiger partial charge in [-0.1, -0.05) is 87.5 Å².